The van der Waals surface area contributed by atoms with Gasteiger partial charge in [0.2, 0.25) is 5.91 Å². The fourth-order valence-electron chi connectivity index (χ4n) is 3.36. The molecule has 0 aliphatic carbocycles. The van der Waals surface area contributed by atoms with Crippen LogP contribution in [0.1, 0.15) is 46.2 Å². The standard InChI is InChI=1S/C22H26N4O2S/c1-6-15-10-8-9-11-16(15)24-18(27)12-26(5)22(28)20-13(3)19-14(4)23-17(7-2)25-21(19)29-20/h8-11H,6-7,12H2,1-5H3,(H,24,27). The monoisotopic (exact) mass is 410 g/mol. The van der Waals surface area contributed by atoms with Crippen molar-refractivity contribution < 1.29 is 9.59 Å². The molecule has 0 spiro atoms. The number of thiophene rings is 1. The highest BCUT2D eigenvalue weighted by Crippen LogP contribution is 2.32. The zero-order valence-corrected chi connectivity index (χ0v) is 18.3. The lowest BCUT2D eigenvalue weighted by atomic mass is 10.1. The Morgan fingerprint density at radius 3 is 2.52 bits per heavy atom. The molecule has 0 fully saturated rings. The predicted octanol–water partition coefficient (Wildman–Crippen LogP) is 4.14. The molecule has 7 heteroatoms. The molecule has 0 saturated heterocycles. The number of likely N-dealkylation sites (N-methyl/N-ethyl adjacent to an activating group) is 1. The van der Waals surface area contributed by atoms with Crippen LogP contribution in [0.5, 0.6) is 0 Å². The third kappa shape index (κ3) is 4.29. The summed E-state index contributed by atoms with van der Waals surface area (Å²) in [6.45, 7) is 7.89. The van der Waals surface area contributed by atoms with Gasteiger partial charge in [0.05, 0.1) is 11.4 Å². The van der Waals surface area contributed by atoms with Crippen molar-refractivity contribution in [2.45, 2.75) is 40.5 Å². The van der Waals surface area contributed by atoms with E-state index < -0.39 is 0 Å². The molecule has 0 radical (unpaired) electrons. The highest BCUT2D eigenvalue weighted by Gasteiger charge is 2.23. The van der Waals surface area contributed by atoms with Gasteiger partial charge in [0.15, 0.2) is 0 Å². The highest BCUT2D eigenvalue weighted by molar-refractivity contribution is 7.20. The first kappa shape index (κ1) is 20.9. The van der Waals surface area contributed by atoms with Gasteiger partial charge in [0, 0.05) is 30.2 Å². The number of anilines is 1. The van der Waals surface area contributed by atoms with Crippen LogP contribution in [0, 0.1) is 13.8 Å². The third-order valence-electron chi connectivity index (χ3n) is 4.93. The summed E-state index contributed by atoms with van der Waals surface area (Å²) in [5.74, 6) is 0.379. The fraction of sp³-hybridized carbons (Fsp3) is 0.364. The average molecular weight is 411 g/mol. The Hall–Kier alpha value is -2.80. The van der Waals surface area contributed by atoms with Gasteiger partial charge in [-0.15, -0.1) is 11.3 Å². The summed E-state index contributed by atoms with van der Waals surface area (Å²) >= 11 is 1.37. The van der Waals surface area contributed by atoms with Gasteiger partial charge in [0.25, 0.3) is 5.91 Å². The van der Waals surface area contributed by atoms with E-state index in [1.165, 1.54) is 16.2 Å². The molecule has 3 aromatic rings. The number of hydrogen-bond acceptors (Lipinski definition) is 5. The molecule has 0 aliphatic heterocycles. The maximum atomic E-state index is 13.0. The fourth-order valence-corrected chi connectivity index (χ4v) is 4.60. The first-order valence-electron chi connectivity index (χ1n) is 9.75. The van der Waals surface area contributed by atoms with Crippen LogP contribution in [0.4, 0.5) is 5.69 Å². The molecule has 0 unspecified atom stereocenters. The van der Waals surface area contributed by atoms with Crippen LogP contribution in [0.25, 0.3) is 10.2 Å². The largest absolute Gasteiger partial charge is 0.332 e. The van der Waals surface area contributed by atoms with E-state index in [1.54, 1.807) is 7.05 Å². The molecule has 0 saturated carbocycles. The number of carbonyl (C=O) groups is 2. The minimum atomic E-state index is -0.218. The molecular weight excluding hydrogens is 384 g/mol. The van der Waals surface area contributed by atoms with Gasteiger partial charge in [-0.2, -0.15) is 0 Å². The number of para-hydroxylation sites is 1. The molecule has 0 bridgehead atoms. The van der Waals surface area contributed by atoms with E-state index in [1.807, 2.05) is 52.0 Å². The second-order valence-corrected chi connectivity index (χ2v) is 8.03. The van der Waals surface area contributed by atoms with E-state index in [0.29, 0.717) is 4.88 Å². The molecule has 1 N–H and O–H groups in total. The number of carbonyl (C=O) groups excluding carboxylic acids is 2. The Labute approximate surface area is 175 Å². The quantitative estimate of drug-likeness (QED) is 0.663. The molecule has 29 heavy (non-hydrogen) atoms. The Kier molecular flexibility index (Phi) is 6.27. The van der Waals surface area contributed by atoms with Crippen LogP contribution in [-0.2, 0) is 17.6 Å². The van der Waals surface area contributed by atoms with Crippen molar-refractivity contribution in [3.63, 3.8) is 0 Å². The van der Waals surface area contributed by atoms with Crippen LogP contribution in [0.3, 0.4) is 0 Å². The number of hydrogen-bond donors (Lipinski definition) is 1. The number of aryl methyl sites for hydroxylation is 4. The zero-order valence-electron chi connectivity index (χ0n) is 17.5. The summed E-state index contributed by atoms with van der Waals surface area (Å²) in [6, 6.07) is 7.70. The molecule has 6 nitrogen and oxygen atoms in total. The van der Waals surface area contributed by atoms with Gasteiger partial charge in [-0.3, -0.25) is 9.59 Å². The van der Waals surface area contributed by atoms with Gasteiger partial charge in [-0.25, -0.2) is 9.97 Å². The number of nitrogens with one attached hydrogen (secondary N) is 1. The van der Waals surface area contributed by atoms with Crippen molar-refractivity contribution in [1.29, 1.82) is 0 Å². The minimum Gasteiger partial charge on any atom is -0.332 e. The zero-order chi connectivity index (χ0) is 21.1. The Morgan fingerprint density at radius 2 is 1.83 bits per heavy atom. The van der Waals surface area contributed by atoms with Crippen LogP contribution >= 0.6 is 11.3 Å². The highest BCUT2D eigenvalue weighted by atomic mass is 32.1. The van der Waals surface area contributed by atoms with E-state index >= 15 is 0 Å². The van der Waals surface area contributed by atoms with Crippen LogP contribution in [0.15, 0.2) is 24.3 Å². The van der Waals surface area contributed by atoms with Crippen LogP contribution < -0.4 is 5.32 Å². The maximum Gasteiger partial charge on any atom is 0.264 e. The van der Waals surface area contributed by atoms with E-state index in [4.69, 9.17) is 0 Å². The van der Waals surface area contributed by atoms with E-state index in [9.17, 15) is 9.59 Å². The first-order chi connectivity index (χ1) is 13.8. The lowest BCUT2D eigenvalue weighted by molar-refractivity contribution is -0.116. The molecule has 0 aliphatic rings. The van der Waals surface area contributed by atoms with Crippen molar-refractivity contribution in [3.05, 3.63) is 51.8 Å². The first-order valence-corrected chi connectivity index (χ1v) is 10.6. The summed E-state index contributed by atoms with van der Waals surface area (Å²) in [6.07, 6.45) is 1.57. The van der Waals surface area contributed by atoms with Gasteiger partial charge >= 0.3 is 0 Å². The molecule has 2 aromatic heterocycles. The SMILES string of the molecule is CCc1nc(C)c2c(C)c(C(=O)N(C)CC(=O)Nc3ccccc3CC)sc2n1. The van der Waals surface area contributed by atoms with E-state index in [-0.39, 0.29) is 18.4 Å². The van der Waals surface area contributed by atoms with Gasteiger partial charge in [-0.1, -0.05) is 32.0 Å². The number of amides is 2. The number of rotatable bonds is 6. The third-order valence-corrected chi connectivity index (χ3v) is 6.10. The Morgan fingerprint density at radius 1 is 1.10 bits per heavy atom. The van der Waals surface area contributed by atoms with Gasteiger partial charge < -0.3 is 10.2 Å². The summed E-state index contributed by atoms with van der Waals surface area (Å²) in [4.78, 5) is 37.5. The smallest absolute Gasteiger partial charge is 0.264 e. The summed E-state index contributed by atoms with van der Waals surface area (Å²) in [7, 11) is 1.65. The Bertz CT molecular complexity index is 1070. The lowest BCUT2D eigenvalue weighted by Gasteiger charge is -2.17. The van der Waals surface area contributed by atoms with Crippen LogP contribution in [-0.4, -0.2) is 40.3 Å². The molecule has 1 aromatic carbocycles. The van der Waals surface area contributed by atoms with Crippen molar-refractivity contribution in [2.24, 2.45) is 0 Å². The molecular formula is C22H26N4O2S. The van der Waals surface area contributed by atoms with E-state index in [0.717, 1.165) is 51.4 Å². The molecule has 0 atom stereocenters. The normalized spacial score (nSPS) is 10.9. The van der Waals surface area contributed by atoms with Gasteiger partial charge in [0.1, 0.15) is 10.7 Å². The number of fused-ring (bicyclic) bond motifs is 1. The minimum absolute atomic E-state index is 0.0184. The van der Waals surface area contributed by atoms with E-state index in [2.05, 4.69) is 15.3 Å². The summed E-state index contributed by atoms with van der Waals surface area (Å²) < 4.78 is 0. The van der Waals surface area contributed by atoms with Crippen molar-refractivity contribution in [3.8, 4) is 0 Å². The van der Waals surface area contributed by atoms with Crippen LogP contribution in [0.2, 0.25) is 0 Å². The van der Waals surface area contributed by atoms with Crippen molar-refractivity contribution >= 4 is 39.1 Å². The molecule has 2 amide bonds. The number of aromatic nitrogens is 2. The van der Waals surface area contributed by atoms with Gasteiger partial charge in [-0.05, 0) is 37.5 Å². The second-order valence-electron chi connectivity index (χ2n) is 7.04. The topological polar surface area (TPSA) is 75.2 Å². The molecule has 152 valence electrons. The predicted molar refractivity (Wildman–Crippen MR) is 118 cm³/mol. The van der Waals surface area contributed by atoms with Crippen molar-refractivity contribution in [2.75, 3.05) is 18.9 Å². The summed E-state index contributed by atoms with van der Waals surface area (Å²) in [5, 5.41) is 3.85. The lowest BCUT2D eigenvalue weighted by Crippen LogP contribution is -2.35. The van der Waals surface area contributed by atoms with Crippen molar-refractivity contribution in [1.82, 2.24) is 14.9 Å². The Balaban J connectivity index is 1.78. The molecule has 3 rings (SSSR count). The summed E-state index contributed by atoms with van der Waals surface area (Å²) in [5.41, 5.74) is 3.61. The number of benzene rings is 1. The second kappa shape index (κ2) is 8.69. The number of nitrogens with zero attached hydrogens (tertiary/aromatic N) is 3. The molecule has 2 heterocycles. The average Bonchev–Trinajstić information content (AvgIpc) is 3.04. The maximum absolute atomic E-state index is 13.0.